The largest absolute Gasteiger partial charge is 0.349 e. The van der Waals surface area contributed by atoms with Gasteiger partial charge in [0.2, 0.25) is 0 Å². The average Bonchev–Trinajstić information content (AvgIpc) is 3.28. The van der Waals surface area contributed by atoms with Gasteiger partial charge in [-0.3, -0.25) is 9.69 Å². The third-order valence-corrected chi connectivity index (χ3v) is 3.89. The number of anilines is 1. The molecular formula is C13H20ClN5O. The van der Waals surface area contributed by atoms with Crippen LogP contribution in [-0.4, -0.2) is 41.5 Å². The van der Waals surface area contributed by atoms with Crippen molar-refractivity contribution in [3.63, 3.8) is 0 Å². The molecule has 1 fully saturated rings. The lowest BCUT2D eigenvalue weighted by atomic mass is 10.2. The molecule has 6 nitrogen and oxygen atoms in total. The number of carbonyl (C=O) groups excluding carboxylic acids is 1. The number of amides is 1. The highest BCUT2D eigenvalue weighted by atomic mass is 35.5. The first-order valence-corrected chi connectivity index (χ1v) is 7.04. The van der Waals surface area contributed by atoms with Crippen LogP contribution in [0.5, 0.6) is 0 Å². The van der Waals surface area contributed by atoms with Crippen LogP contribution in [0.1, 0.15) is 30.3 Å². The Morgan fingerprint density at radius 2 is 2.30 bits per heavy atom. The molecule has 0 aromatic carbocycles. The highest BCUT2D eigenvalue weighted by Crippen LogP contribution is 2.26. The summed E-state index contributed by atoms with van der Waals surface area (Å²) in [6.07, 6.45) is 2.48. The molecule has 7 heteroatoms. The number of hydrazine groups is 1. The molecule has 0 saturated heterocycles. The number of hydrogen-bond acceptors (Lipinski definition) is 5. The highest BCUT2D eigenvalue weighted by Gasteiger charge is 2.29. The van der Waals surface area contributed by atoms with Gasteiger partial charge >= 0.3 is 0 Å². The van der Waals surface area contributed by atoms with Crippen LogP contribution in [0.25, 0.3) is 0 Å². The van der Waals surface area contributed by atoms with E-state index in [0.29, 0.717) is 23.4 Å². The van der Waals surface area contributed by atoms with Crippen LogP contribution < -0.4 is 16.6 Å². The summed E-state index contributed by atoms with van der Waals surface area (Å²) in [4.78, 5) is 18.5. The molecule has 1 aromatic heterocycles. The van der Waals surface area contributed by atoms with Gasteiger partial charge in [-0.2, -0.15) is 0 Å². The fourth-order valence-electron chi connectivity index (χ4n) is 1.99. The summed E-state index contributed by atoms with van der Waals surface area (Å²) in [6, 6.07) is 4.15. The smallest absolute Gasteiger partial charge is 0.271 e. The fourth-order valence-corrected chi connectivity index (χ4v) is 2.18. The van der Waals surface area contributed by atoms with E-state index in [1.54, 1.807) is 12.1 Å². The number of hydrogen-bond donors (Lipinski definition) is 3. The number of nitrogens with zero attached hydrogens (tertiary/aromatic N) is 2. The van der Waals surface area contributed by atoms with Crippen molar-refractivity contribution in [3.8, 4) is 0 Å². The fraction of sp³-hybridized carbons (Fsp3) is 0.538. The number of rotatable bonds is 6. The van der Waals surface area contributed by atoms with Crippen molar-refractivity contribution >= 4 is 23.3 Å². The van der Waals surface area contributed by atoms with Crippen molar-refractivity contribution in [1.82, 2.24) is 15.2 Å². The molecule has 0 radical (unpaired) electrons. The van der Waals surface area contributed by atoms with Crippen LogP contribution in [0.3, 0.4) is 0 Å². The Hall–Kier alpha value is -1.37. The van der Waals surface area contributed by atoms with E-state index in [4.69, 9.17) is 17.4 Å². The summed E-state index contributed by atoms with van der Waals surface area (Å²) in [5.74, 6) is 5.39. The molecule has 1 heterocycles. The normalized spacial score (nSPS) is 16.1. The van der Waals surface area contributed by atoms with E-state index in [0.717, 1.165) is 0 Å². The third kappa shape index (κ3) is 3.59. The number of carbonyl (C=O) groups is 1. The minimum absolute atomic E-state index is 0.184. The standard InChI is InChI=1S/C13H20ClN5O/c1-8(19(2)9-3-4-9)7-16-13(20)12-10(14)5-6-11(17-12)18-15/h5-6,8-9H,3-4,7,15H2,1-2H3,(H,16,20)(H,17,18). The van der Waals surface area contributed by atoms with Crippen molar-refractivity contribution < 1.29 is 4.79 Å². The van der Waals surface area contributed by atoms with Gasteiger partial charge in [0.05, 0.1) is 5.02 Å². The van der Waals surface area contributed by atoms with Gasteiger partial charge in [-0.1, -0.05) is 11.6 Å². The van der Waals surface area contributed by atoms with E-state index < -0.39 is 0 Å². The second kappa shape index (κ2) is 6.39. The van der Waals surface area contributed by atoms with Gasteiger partial charge in [-0.05, 0) is 38.9 Å². The number of pyridine rings is 1. The molecule has 0 aliphatic heterocycles. The second-order valence-electron chi connectivity index (χ2n) is 5.13. The molecule has 1 atom stereocenters. The summed E-state index contributed by atoms with van der Waals surface area (Å²) >= 11 is 5.98. The molecule has 1 aliphatic rings. The molecule has 1 unspecified atom stereocenters. The monoisotopic (exact) mass is 297 g/mol. The van der Waals surface area contributed by atoms with Crippen molar-refractivity contribution in [2.24, 2.45) is 5.84 Å². The minimum Gasteiger partial charge on any atom is -0.349 e. The lowest BCUT2D eigenvalue weighted by Crippen LogP contribution is -2.41. The van der Waals surface area contributed by atoms with Crippen molar-refractivity contribution in [2.45, 2.75) is 31.8 Å². The maximum absolute atomic E-state index is 12.1. The van der Waals surface area contributed by atoms with Crippen LogP contribution in [-0.2, 0) is 0 Å². The third-order valence-electron chi connectivity index (χ3n) is 3.59. The summed E-state index contributed by atoms with van der Waals surface area (Å²) in [5.41, 5.74) is 2.58. The van der Waals surface area contributed by atoms with E-state index in [9.17, 15) is 4.79 Å². The van der Waals surface area contributed by atoms with Gasteiger partial charge in [-0.15, -0.1) is 0 Å². The maximum Gasteiger partial charge on any atom is 0.271 e. The summed E-state index contributed by atoms with van der Waals surface area (Å²) < 4.78 is 0. The molecule has 0 spiro atoms. The number of nitrogens with one attached hydrogen (secondary N) is 2. The number of nitrogen functional groups attached to an aromatic ring is 1. The molecule has 20 heavy (non-hydrogen) atoms. The summed E-state index contributed by atoms with van der Waals surface area (Å²) in [7, 11) is 2.08. The molecule has 1 aliphatic carbocycles. The van der Waals surface area contributed by atoms with Crippen molar-refractivity contribution in [3.05, 3.63) is 22.8 Å². The van der Waals surface area contributed by atoms with Crippen LogP contribution in [0.2, 0.25) is 5.02 Å². The van der Waals surface area contributed by atoms with Gasteiger partial charge in [0, 0.05) is 18.6 Å². The first kappa shape index (κ1) is 15.0. The SMILES string of the molecule is CC(CNC(=O)c1nc(NN)ccc1Cl)N(C)C1CC1. The van der Waals surface area contributed by atoms with E-state index in [1.807, 2.05) is 0 Å². The lowest BCUT2D eigenvalue weighted by Gasteiger charge is -2.24. The average molecular weight is 298 g/mol. The molecule has 2 rings (SSSR count). The Kier molecular flexibility index (Phi) is 4.80. The highest BCUT2D eigenvalue weighted by molar-refractivity contribution is 6.33. The number of halogens is 1. The number of aromatic nitrogens is 1. The van der Waals surface area contributed by atoms with Gasteiger partial charge in [0.25, 0.3) is 5.91 Å². The molecule has 0 bridgehead atoms. The molecule has 1 aromatic rings. The zero-order valence-corrected chi connectivity index (χ0v) is 12.4. The Morgan fingerprint density at radius 3 is 2.90 bits per heavy atom. The first-order chi connectivity index (χ1) is 9.52. The maximum atomic E-state index is 12.1. The molecule has 4 N–H and O–H groups in total. The van der Waals surface area contributed by atoms with Crippen LogP contribution >= 0.6 is 11.6 Å². The Labute approximate surface area is 123 Å². The van der Waals surface area contributed by atoms with Gasteiger partial charge in [0.15, 0.2) is 0 Å². The van der Waals surface area contributed by atoms with Crippen LogP contribution in [0.15, 0.2) is 12.1 Å². The zero-order chi connectivity index (χ0) is 14.7. The molecule has 1 saturated carbocycles. The van der Waals surface area contributed by atoms with E-state index in [-0.39, 0.29) is 17.6 Å². The lowest BCUT2D eigenvalue weighted by molar-refractivity contribution is 0.0935. The zero-order valence-electron chi connectivity index (χ0n) is 11.7. The van der Waals surface area contributed by atoms with Crippen LogP contribution in [0.4, 0.5) is 5.82 Å². The van der Waals surface area contributed by atoms with Crippen LogP contribution in [0, 0.1) is 0 Å². The summed E-state index contributed by atoms with van der Waals surface area (Å²) in [5, 5.41) is 3.17. The topological polar surface area (TPSA) is 83.3 Å². The van der Waals surface area contributed by atoms with Gasteiger partial charge in [-0.25, -0.2) is 10.8 Å². The van der Waals surface area contributed by atoms with E-state index in [2.05, 4.69) is 34.6 Å². The van der Waals surface area contributed by atoms with Gasteiger partial charge in [0.1, 0.15) is 11.5 Å². The number of likely N-dealkylation sites (N-methyl/N-ethyl adjacent to an activating group) is 1. The number of nitrogens with two attached hydrogens (primary N) is 1. The Bertz CT molecular complexity index is 492. The van der Waals surface area contributed by atoms with Crippen molar-refractivity contribution in [2.75, 3.05) is 19.0 Å². The molecular weight excluding hydrogens is 278 g/mol. The summed E-state index contributed by atoms with van der Waals surface area (Å²) in [6.45, 7) is 2.65. The quantitative estimate of drug-likeness (QED) is 0.543. The minimum atomic E-state index is -0.289. The predicted molar refractivity (Wildman–Crippen MR) is 79.6 cm³/mol. The first-order valence-electron chi connectivity index (χ1n) is 6.66. The van der Waals surface area contributed by atoms with Gasteiger partial charge < -0.3 is 10.7 Å². The molecule has 110 valence electrons. The Morgan fingerprint density at radius 1 is 1.60 bits per heavy atom. The van der Waals surface area contributed by atoms with E-state index in [1.165, 1.54) is 12.8 Å². The van der Waals surface area contributed by atoms with E-state index >= 15 is 0 Å². The Balaban J connectivity index is 1.94. The molecule has 1 amide bonds. The predicted octanol–water partition coefficient (Wildman–Crippen LogP) is 1.23. The second-order valence-corrected chi connectivity index (χ2v) is 5.53. The van der Waals surface area contributed by atoms with Crippen molar-refractivity contribution in [1.29, 1.82) is 0 Å².